The fourth-order valence-corrected chi connectivity index (χ4v) is 3.49. The number of halogens is 1. The normalized spacial score (nSPS) is 30.5. The van der Waals surface area contributed by atoms with Crippen LogP contribution in [0.1, 0.15) is 37.8 Å². The molecule has 4 nitrogen and oxygen atoms in total. The predicted molar refractivity (Wildman–Crippen MR) is 84.5 cm³/mol. The van der Waals surface area contributed by atoms with Gasteiger partial charge in [-0.25, -0.2) is 0 Å². The summed E-state index contributed by atoms with van der Waals surface area (Å²) < 4.78 is 18.7. The van der Waals surface area contributed by atoms with Gasteiger partial charge in [-0.3, -0.25) is 0 Å². The first-order chi connectivity index (χ1) is 10.1. The zero-order valence-corrected chi connectivity index (χ0v) is 13.9. The fraction of sp³-hybridized carbons (Fsp3) is 0.625. The van der Waals surface area contributed by atoms with Gasteiger partial charge in [-0.15, -0.1) is 0 Å². The molecule has 2 fully saturated rings. The fourth-order valence-electron chi connectivity index (χ4n) is 3.11. The van der Waals surface area contributed by atoms with Crippen molar-refractivity contribution in [3.05, 3.63) is 28.2 Å². The van der Waals surface area contributed by atoms with E-state index in [1.807, 2.05) is 25.1 Å². The molecule has 1 aromatic rings. The van der Waals surface area contributed by atoms with Gasteiger partial charge in [0.25, 0.3) is 0 Å². The minimum atomic E-state index is -0.132. The molecular weight excluding hydrogens is 334 g/mol. The molecule has 2 aliphatic heterocycles. The first kappa shape index (κ1) is 15.3. The van der Waals surface area contributed by atoms with Crippen molar-refractivity contribution in [2.45, 2.75) is 43.9 Å². The van der Waals surface area contributed by atoms with Gasteiger partial charge in [-0.2, -0.15) is 0 Å². The van der Waals surface area contributed by atoms with E-state index in [1.54, 1.807) is 0 Å². The van der Waals surface area contributed by atoms with Crippen LogP contribution >= 0.6 is 15.9 Å². The predicted octanol–water partition coefficient (Wildman–Crippen LogP) is 3.19. The van der Waals surface area contributed by atoms with Crippen LogP contribution in [0, 0.1) is 0 Å². The summed E-state index contributed by atoms with van der Waals surface area (Å²) in [6.45, 7) is 4.19. The Morgan fingerprint density at radius 2 is 2.29 bits per heavy atom. The number of hydrogen-bond acceptors (Lipinski definition) is 4. The second kappa shape index (κ2) is 6.24. The summed E-state index contributed by atoms with van der Waals surface area (Å²) in [5.74, 6) is 0.883. The van der Waals surface area contributed by atoms with Crippen molar-refractivity contribution in [3.8, 4) is 5.75 Å². The highest BCUT2D eigenvalue weighted by Crippen LogP contribution is 2.36. The highest BCUT2D eigenvalue weighted by atomic mass is 79.9. The van der Waals surface area contributed by atoms with E-state index in [4.69, 9.17) is 19.9 Å². The van der Waals surface area contributed by atoms with Crippen molar-refractivity contribution in [2.24, 2.45) is 5.73 Å². The lowest BCUT2D eigenvalue weighted by Gasteiger charge is -2.37. The molecule has 0 aliphatic carbocycles. The molecule has 3 rings (SSSR count). The molecule has 1 aromatic carbocycles. The lowest BCUT2D eigenvalue weighted by molar-refractivity contribution is -0.112. The minimum Gasteiger partial charge on any atom is -0.490 e. The number of ether oxygens (including phenoxy) is 3. The van der Waals surface area contributed by atoms with Gasteiger partial charge >= 0.3 is 0 Å². The molecule has 0 saturated carbocycles. The molecule has 21 heavy (non-hydrogen) atoms. The van der Waals surface area contributed by atoms with Gasteiger partial charge in [0.05, 0.1) is 18.8 Å². The smallest absolute Gasteiger partial charge is 0.124 e. The van der Waals surface area contributed by atoms with Gasteiger partial charge in [0, 0.05) is 41.9 Å². The van der Waals surface area contributed by atoms with Gasteiger partial charge in [0.1, 0.15) is 11.9 Å². The number of nitrogens with two attached hydrogens (primary N) is 1. The second-order valence-corrected chi connectivity index (χ2v) is 6.95. The molecule has 0 amide bonds. The minimum absolute atomic E-state index is 0.0545. The van der Waals surface area contributed by atoms with Gasteiger partial charge < -0.3 is 19.9 Å². The van der Waals surface area contributed by atoms with E-state index < -0.39 is 0 Å². The standard InChI is InChI=1S/C16H22BrNO3/c1-11(18)14-8-12(17)2-3-15(14)21-13-4-6-20-16(9-13)5-7-19-10-16/h2-3,8,11,13H,4-7,9-10,18H2,1H3/t11-,13?,16?/m1/s1. The Morgan fingerprint density at radius 3 is 3.00 bits per heavy atom. The summed E-state index contributed by atoms with van der Waals surface area (Å²) >= 11 is 3.49. The summed E-state index contributed by atoms with van der Waals surface area (Å²) in [5, 5.41) is 0. The maximum absolute atomic E-state index is 6.25. The Balaban J connectivity index is 1.74. The molecule has 5 heteroatoms. The van der Waals surface area contributed by atoms with Crippen LogP contribution in [0.2, 0.25) is 0 Å². The lowest BCUT2D eigenvalue weighted by Crippen LogP contribution is -2.44. The molecule has 0 bridgehead atoms. The molecule has 0 aromatic heterocycles. The van der Waals surface area contributed by atoms with Gasteiger partial charge in [-0.05, 0) is 25.1 Å². The zero-order valence-electron chi connectivity index (χ0n) is 12.3. The van der Waals surface area contributed by atoms with Crippen molar-refractivity contribution in [3.63, 3.8) is 0 Å². The third-order valence-electron chi connectivity index (χ3n) is 4.27. The summed E-state index contributed by atoms with van der Waals surface area (Å²) in [4.78, 5) is 0. The van der Waals surface area contributed by atoms with Gasteiger partial charge in [0.15, 0.2) is 0 Å². The molecule has 2 unspecified atom stereocenters. The monoisotopic (exact) mass is 355 g/mol. The quantitative estimate of drug-likeness (QED) is 0.904. The topological polar surface area (TPSA) is 53.7 Å². The van der Waals surface area contributed by atoms with Crippen molar-refractivity contribution < 1.29 is 14.2 Å². The molecule has 2 heterocycles. The first-order valence-electron chi connectivity index (χ1n) is 7.51. The summed E-state index contributed by atoms with van der Waals surface area (Å²) in [7, 11) is 0. The van der Waals surface area contributed by atoms with E-state index in [-0.39, 0.29) is 17.7 Å². The highest BCUT2D eigenvalue weighted by Gasteiger charge is 2.41. The third kappa shape index (κ3) is 3.42. The van der Waals surface area contributed by atoms with Crippen molar-refractivity contribution in [2.75, 3.05) is 19.8 Å². The maximum atomic E-state index is 6.25. The van der Waals surface area contributed by atoms with Gasteiger partial charge in [0.2, 0.25) is 0 Å². The summed E-state index contributed by atoms with van der Waals surface area (Å²) in [5.41, 5.74) is 6.96. The molecule has 2 saturated heterocycles. The number of rotatable bonds is 3. The van der Waals surface area contributed by atoms with Crippen molar-refractivity contribution in [1.82, 2.24) is 0 Å². The zero-order chi connectivity index (χ0) is 14.9. The van der Waals surface area contributed by atoms with Crippen LogP contribution in [0.3, 0.4) is 0 Å². The van der Waals surface area contributed by atoms with Crippen LogP contribution < -0.4 is 10.5 Å². The number of benzene rings is 1. The first-order valence-corrected chi connectivity index (χ1v) is 8.31. The molecule has 2 aliphatic rings. The highest BCUT2D eigenvalue weighted by molar-refractivity contribution is 9.10. The molecular formula is C16H22BrNO3. The van der Waals surface area contributed by atoms with Gasteiger partial charge in [-0.1, -0.05) is 15.9 Å². The molecule has 3 atom stereocenters. The number of hydrogen-bond donors (Lipinski definition) is 1. The SMILES string of the molecule is C[C@@H](N)c1cc(Br)ccc1OC1CCOC2(CCOC2)C1. The van der Waals surface area contributed by atoms with E-state index >= 15 is 0 Å². The van der Waals surface area contributed by atoms with E-state index in [1.165, 1.54) is 0 Å². The Kier molecular flexibility index (Phi) is 4.54. The van der Waals surface area contributed by atoms with Crippen LogP contribution in [0.5, 0.6) is 5.75 Å². The van der Waals surface area contributed by atoms with Crippen LogP contribution in [0.15, 0.2) is 22.7 Å². The van der Waals surface area contributed by atoms with E-state index in [9.17, 15) is 0 Å². The van der Waals surface area contributed by atoms with E-state index in [0.717, 1.165) is 48.3 Å². The molecule has 2 N–H and O–H groups in total. The van der Waals surface area contributed by atoms with Crippen LogP contribution in [-0.2, 0) is 9.47 Å². The van der Waals surface area contributed by atoms with E-state index in [2.05, 4.69) is 15.9 Å². The largest absolute Gasteiger partial charge is 0.490 e. The van der Waals surface area contributed by atoms with Crippen LogP contribution in [-0.4, -0.2) is 31.5 Å². The summed E-state index contributed by atoms with van der Waals surface area (Å²) in [6, 6.07) is 5.97. The molecule has 0 radical (unpaired) electrons. The van der Waals surface area contributed by atoms with E-state index in [0.29, 0.717) is 6.61 Å². The van der Waals surface area contributed by atoms with Crippen LogP contribution in [0.4, 0.5) is 0 Å². The Bertz CT molecular complexity index is 500. The average Bonchev–Trinajstić information content (AvgIpc) is 2.88. The molecule has 116 valence electrons. The maximum Gasteiger partial charge on any atom is 0.124 e. The Hall–Kier alpha value is -0.620. The van der Waals surface area contributed by atoms with Crippen molar-refractivity contribution >= 4 is 15.9 Å². The Morgan fingerprint density at radius 1 is 1.43 bits per heavy atom. The average molecular weight is 356 g/mol. The molecule has 1 spiro atoms. The second-order valence-electron chi connectivity index (χ2n) is 6.04. The summed E-state index contributed by atoms with van der Waals surface area (Å²) in [6.07, 6.45) is 2.93. The third-order valence-corrected chi connectivity index (χ3v) is 4.76. The van der Waals surface area contributed by atoms with Crippen LogP contribution in [0.25, 0.3) is 0 Å². The van der Waals surface area contributed by atoms with Crippen molar-refractivity contribution in [1.29, 1.82) is 0 Å². The Labute approximate surface area is 134 Å². The lowest BCUT2D eigenvalue weighted by atomic mass is 9.91.